The maximum atomic E-state index is 5.74. The highest BCUT2D eigenvalue weighted by Gasteiger charge is 2.22. The van der Waals surface area contributed by atoms with Crippen LogP contribution in [0.4, 0.5) is 0 Å². The molecule has 0 radical (unpaired) electrons. The molecule has 0 spiro atoms. The SMILES string of the molecule is CCCCN(C)C(=NCc1ccnc(OCC2CC2)c1)NCC. The molecule has 0 saturated heterocycles. The fourth-order valence-corrected chi connectivity index (χ4v) is 2.25. The minimum atomic E-state index is 0.640. The smallest absolute Gasteiger partial charge is 0.213 e. The van der Waals surface area contributed by atoms with Gasteiger partial charge in [0.1, 0.15) is 0 Å². The minimum absolute atomic E-state index is 0.640. The predicted octanol–water partition coefficient (Wildman–Crippen LogP) is 3.07. The summed E-state index contributed by atoms with van der Waals surface area (Å²) in [5.74, 6) is 2.41. The van der Waals surface area contributed by atoms with Crippen LogP contribution in [0.1, 0.15) is 45.1 Å². The number of unbranched alkanes of at least 4 members (excludes halogenated alkanes) is 1. The molecule has 0 unspecified atom stereocenters. The molecule has 128 valence electrons. The fraction of sp³-hybridized carbons (Fsp3) is 0.667. The quantitative estimate of drug-likeness (QED) is 0.561. The molecule has 1 aliphatic rings. The maximum absolute atomic E-state index is 5.74. The molecule has 2 rings (SSSR count). The van der Waals surface area contributed by atoms with Crippen molar-refractivity contribution in [1.82, 2.24) is 15.2 Å². The molecular weight excluding hydrogens is 288 g/mol. The Morgan fingerprint density at radius 3 is 2.96 bits per heavy atom. The van der Waals surface area contributed by atoms with E-state index in [1.807, 2.05) is 12.1 Å². The van der Waals surface area contributed by atoms with Gasteiger partial charge in [-0.15, -0.1) is 0 Å². The van der Waals surface area contributed by atoms with E-state index in [0.717, 1.165) is 37.1 Å². The highest BCUT2D eigenvalue weighted by atomic mass is 16.5. The first-order chi connectivity index (χ1) is 11.2. The van der Waals surface area contributed by atoms with Crippen molar-refractivity contribution in [2.75, 3.05) is 26.7 Å². The van der Waals surface area contributed by atoms with Gasteiger partial charge in [-0.2, -0.15) is 0 Å². The predicted molar refractivity (Wildman–Crippen MR) is 94.8 cm³/mol. The Morgan fingerprint density at radius 1 is 1.43 bits per heavy atom. The molecule has 1 saturated carbocycles. The van der Waals surface area contributed by atoms with Gasteiger partial charge >= 0.3 is 0 Å². The number of guanidine groups is 1. The molecule has 5 heteroatoms. The van der Waals surface area contributed by atoms with Gasteiger partial charge in [0.05, 0.1) is 13.2 Å². The third kappa shape index (κ3) is 6.47. The number of aliphatic imine (C=N–C) groups is 1. The summed E-state index contributed by atoms with van der Waals surface area (Å²) in [5.41, 5.74) is 1.13. The van der Waals surface area contributed by atoms with Crippen molar-refractivity contribution in [3.05, 3.63) is 23.9 Å². The molecular formula is C18H30N4O. The van der Waals surface area contributed by atoms with Crippen LogP contribution in [0, 0.1) is 5.92 Å². The van der Waals surface area contributed by atoms with E-state index in [1.54, 1.807) is 6.20 Å². The molecule has 1 aromatic heterocycles. The maximum Gasteiger partial charge on any atom is 0.213 e. The summed E-state index contributed by atoms with van der Waals surface area (Å²) in [4.78, 5) is 11.2. The molecule has 1 aliphatic carbocycles. The van der Waals surface area contributed by atoms with Crippen LogP contribution in [0.2, 0.25) is 0 Å². The lowest BCUT2D eigenvalue weighted by Crippen LogP contribution is -2.39. The number of ether oxygens (including phenoxy) is 1. The van der Waals surface area contributed by atoms with Crippen LogP contribution in [0.15, 0.2) is 23.3 Å². The van der Waals surface area contributed by atoms with E-state index in [-0.39, 0.29) is 0 Å². The highest BCUT2D eigenvalue weighted by molar-refractivity contribution is 5.79. The molecule has 1 N–H and O–H groups in total. The second-order valence-electron chi connectivity index (χ2n) is 6.20. The van der Waals surface area contributed by atoms with Gasteiger partial charge in [-0.3, -0.25) is 0 Å². The summed E-state index contributed by atoms with van der Waals surface area (Å²) in [5, 5.41) is 3.35. The lowest BCUT2D eigenvalue weighted by Gasteiger charge is -2.21. The molecule has 1 aromatic rings. The third-order valence-corrected chi connectivity index (χ3v) is 3.92. The molecule has 0 aliphatic heterocycles. The van der Waals surface area contributed by atoms with E-state index >= 15 is 0 Å². The van der Waals surface area contributed by atoms with E-state index < -0.39 is 0 Å². The molecule has 1 heterocycles. The van der Waals surface area contributed by atoms with Gasteiger partial charge in [0.25, 0.3) is 0 Å². The number of nitrogens with one attached hydrogen (secondary N) is 1. The van der Waals surface area contributed by atoms with Crippen LogP contribution in [0.5, 0.6) is 5.88 Å². The van der Waals surface area contributed by atoms with Crippen molar-refractivity contribution >= 4 is 5.96 Å². The van der Waals surface area contributed by atoms with Gasteiger partial charge in [-0.25, -0.2) is 9.98 Å². The molecule has 1 fully saturated rings. The second-order valence-corrected chi connectivity index (χ2v) is 6.20. The zero-order valence-electron chi connectivity index (χ0n) is 14.7. The average Bonchev–Trinajstić information content (AvgIpc) is 3.39. The van der Waals surface area contributed by atoms with Crippen molar-refractivity contribution in [2.24, 2.45) is 10.9 Å². The number of aromatic nitrogens is 1. The highest BCUT2D eigenvalue weighted by Crippen LogP contribution is 2.29. The van der Waals surface area contributed by atoms with E-state index in [4.69, 9.17) is 9.73 Å². The summed E-state index contributed by atoms with van der Waals surface area (Å²) in [6.07, 6.45) is 6.76. The summed E-state index contributed by atoms with van der Waals surface area (Å²) in [6, 6.07) is 4.00. The third-order valence-electron chi connectivity index (χ3n) is 3.92. The Bertz CT molecular complexity index is 500. The van der Waals surface area contributed by atoms with Crippen LogP contribution >= 0.6 is 0 Å². The molecule has 0 aromatic carbocycles. The van der Waals surface area contributed by atoms with Crippen molar-refractivity contribution in [3.63, 3.8) is 0 Å². The zero-order valence-corrected chi connectivity index (χ0v) is 14.7. The first kappa shape index (κ1) is 17.6. The first-order valence-corrected chi connectivity index (χ1v) is 8.80. The number of nitrogens with zero attached hydrogens (tertiary/aromatic N) is 3. The standard InChI is InChI=1S/C18H30N4O/c1-4-6-11-22(3)18(19-5-2)21-13-16-9-10-20-17(12-16)23-14-15-7-8-15/h9-10,12,15H,4-8,11,13-14H2,1-3H3,(H,19,21). The summed E-state index contributed by atoms with van der Waals surface area (Å²) in [6.45, 7) is 7.64. The largest absolute Gasteiger partial charge is 0.477 e. The van der Waals surface area contributed by atoms with Crippen LogP contribution in [0.3, 0.4) is 0 Å². The van der Waals surface area contributed by atoms with Gasteiger partial charge in [-0.05, 0) is 43.7 Å². The number of rotatable bonds is 9. The molecule has 5 nitrogen and oxygen atoms in total. The Morgan fingerprint density at radius 2 is 2.26 bits per heavy atom. The van der Waals surface area contributed by atoms with Crippen molar-refractivity contribution < 1.29 is 4.74 Å². The molecule has 0 amide bonds. The summed E-state index contributed by atoms with van der Waals surface area (Å²) < 4.78 is 5.74. The Labute approximate surface area is 140 Å². The Balaban J connectivity index is 1.92. The van der Waals surface area contributed by atoms with Crippen LogP contribution < -0.4 is 10.1 Å². The van der Waals surface area contributed by atoms with Crippen LogP contribution in [-0.2, 0) is 6.54 Å². The zero-order chi connectivity index (χ0) is 16.5. The van der Waals surface area contributed by atoms with E-state index in [9.17, 15) is 0 Å². The topological polar surface area (TPSA) is 49.8 Å². The second kappa shape index (κ2) is 9.38. The minimum Gasteiger partial charge on any atom is -0.477 e. The molecule has 0 bridgehead atoms. The van der Waals surface area contributed by atoms with E-state index in [2.05, 4.69) is 36.1 Å². The number of pyridine rings is 1. The van der Waals surface area contributed by atoms with Crippen molar-refractivity contribution in [1.29, 1.82) is 0 Å². The number of hydrogen-bond donors (Lipinski definition) is 1. The first-order valence-electron chi connectivity index (χ1n) is 8.80. The van der Waals surface area contributed by atoms with E-state index in [0.29, 0.717) is 12.4 Å². The van der Waals surface area contributed by atoms with Gasteiger partial charge in [0.2, 0.25) is 5.88 Å². The van der Waals surface area contributed by atoms with Gasteiger partial charge in [0, 0.05) is 32.4 Å². The summed E-state index contributed by atoms with van der Waals surface area (Å²) in [7, 11) is 2.09. The average molecular weight is 318 g/mol. The van der Waals surface area contributed by atoms with Crippen LogP contribution in [-0.4, -0.2) is 42.6 Å². The fourth-order valence-electron chi connectivity index (χ4n) is 2.25. The van der Waals surface area contributed by atoms with Crippen molar-refractivity contribution in [2.45, 2.75) is 46.1 Å². The Hall–Kier alpha value is -1.78. The van der Waals surface area contributed by atoms with E-state index in [1.165, 1.54) is 25.7 Å². The lowest BCUT2D eigenvalue weighted by atomic mass is 10.2. The molecule has 0 atom stereocenters. The lowest BCUT2D eigenvalue weighted by molar-refractivity contribution is 0.288. The van der Waals surface area contributed by atoms with Gasteiger partial charge in [-0.1, -0.05) is 13.3 Å². The van der Waals surface area contributed by atoms with Crippen molar-refractivity contribution in [3.8, 4) is 5.88 Å². The van der Waals surface area contributed by atoms with Gasteiger partial charge in [0.15, 0.2) is 5.96 Å². The number of hydrogen-bond acceptors (Lipinski definition) is 3. The summed E-state index contributed by atoms with van der Waals surface area (Å²) >= 11 is 0. The molecule has 23 heavy (non-hydrogen) atoms. The normalized spacial score (nSPS) is 14.7. The monoisotopic (exact) mass is 318 g/mol. The Kier molecular flexibility index (Phi) is 7.17. The van der Waals surface area contributed by atoms with Gasteiger partial charge < -0.3 is 15.0 Å². The van der Waals surface area contributed by atoms with Crippen LogP contribution in [0.25, 0.3) is 0 Å².